The molecule has 2 rings (SSSR count). The third-order valence-corrected chi connectivity index (χ3v) is 5.12. The monoisotopic (exact) mass is 415 g/mol. The van der Waals surface area contributed by atoms with Crippen molar-refractivity contribution >= 4 is 34.5 Å². The van der Waals surface area contributed by atoms with Crippen molar-refractivity contribution in [3.8, 4) is 0 Å². The normalized spacial score (nSPS) is 24.6. The van der Waals surface area contributed by atoms with Crippen molar-refractivity contribution in [2.24, 2.45) is 11.8 Å². The Morgan fingerprint density at radius 1 is 1.32 bits per heavy atom. The molecule has 0 bridgehead atoms. The Hall–Kier alpha value is -1.11. The van der Waals surface area contributed by atoms with Gasteiger partial charge in [-0.3, -0.25) is 4.79 Å². The number of amides is 1. The fourth-order valence-corrected chi connectivity index (χ4v) is 3.41. The summed E-state index contributed by atoms with van der Waals surface area (Å²) in [7, 11) is 0. The Balaban J connectivity index is 1.81. The van der Waals surface area contributed by atoms with Crippen LogP contribution in [0.25, 0.3) is 0 Å². The summed E-state index contributed by atoms with van der Waals surface area (Å²) in [5.74, 6) is 0.403. The predicted molar refractivity (Wildman–Crippen MR) is 93.6 cm³/mol. The van der Waals surface area contributed by atoms with E-state index in [1.165, 1.54) is 6.42 Å². The summed E-state index contributed by atoms with van der Waals surface area (Å²) in [6.45, 7) is 4.18. The molecule has 0 radical (unpaired) electrons. The van der Waals surface area contributed by atoms with Crippen LogP contribution in [-0.2, 0) is 9.53 Å². The number of hydrogen-bond acceptors (Lipinski definition) is 3. The van der Waals surface area contributed by atoms with Gasteiger partial charge in [-0.2, -0.15) is 0 Å². The highest BCUT2D eigenvalue weighted by Crippen LogP contribution is 2.29. The summed E-state index contributed by atoms with van der Waals surface area (Å²) in [6.07, 6.45) is 3.36. The minimum absolute atomic E-state index is 0.188. The van der Waals surface area contributed by atoms with E-state index >= 15 is 0 Å². The minimum atomic E-state index is -0.460. The maximum atomic E-state index is 12.0. The zero-order valence-electron chi connectivity index (χ0n) is 13.0. The van der Waals surface area contributed by atoms with Gasteiger partial charge in [-0.15, -0.1) is 0 Å². The predicted octanol–water partition coefficient (Wildman–Crippen LogP) is 3.39. The molecule has 1 fully saturated rings. The van der Waals surface area contributed by atoms with Crippen molar-refractivity contribution in [3.05, 3.63) is 33.4 Å². The quantitative estimate of drug-likeness (QED) is 0.606. The summed E-state index contributed by atoms with van der Waals surface area (Å²) in [4.78, 5) is 23.9. The van der Waals surface area contributed by atoms with Crippen LogP contribution in [0.4, 0.5) is 0 Å². The first kappa shape index (κ1) is 17.2. The standard InChI is InChI=1S/C17H22INO3/c1-11-5-3-8-15(12(11)2)19-16(20)10-22-17(21)13-6-4-7-14(18)9-13/h4,6-7,9,11-12,15H,3,5,8,10H2,1-2H3,(H,19,20). The van der Waals surface area contributed by atoms with E-state index in [0.717, 1.165) is 16.4 Å². The Bertz CT molecular complexity index is 546. The molecule has 22 heavy (non-hydrogen) atoms. The van der Waals surface area contributed by atoms with Crippen LogP contribution in [0.15, 0.2) is 24.3 Å². The molecule has 1 aromatic carbocycles. The van der Waals surface area contributed by atoms with E-state index in [2.05, 4.69) is 41.8 Å². The Kier molecular flexibility index (Phi) is 6.23. The van der Waals surface area contributed by atoms with Crippen LogP contribution < -0.4 is 5.32 Å². The number of rotatable bonds is 4. The first-order valence-corrected chi connectivity index (χ1v) is 8.77. The highest BCUT2D eigenvalue weighted by Gasteiger charge is 2.28. The average molecular weight is 415 g/mol. The van der Waals surface area contributed by atoms with Gasteiger partial charge in [-0.25, -0.2) is 4.79 Å². The van der Waals surface area contributed by atoms with Crippen molar-refractivity contribution in [1.82, 2.24) is 5.32 Å². The Morgan fingerprint density at radius 3 is 2.82 bits per heavy atom. The molecule has 120 valence electrons. The Labute approximate surface area is 145 Å². The van der Waals surface area contributed by atoms with Crippen molar-refractivity contribution in [1.29, 1.82) is 0 Å². The van der Waals surface area contributed by atoms with Crippen molar-refractivity contribution in [3.63, 3.8) is 0 Å². The van der Waals surface area contributed by atoms with E-state index in [1.54, 1.807) is 18.2 Å². The van der Waals surface area contributed by atoms with E-state index in [1.807, 2.05) is 6.07 Å². The van der Waals surface area contributed by atoms with Crippen LogP contribution in [0.1, 0.15) is 43.5 Å². The zero-order valence-corrected chi connectivity index (χ0v) is 15.1. The lowest BCUT2D eigenvalue weighted by Crippen LogP contribution is -2.45. The van der Waals surface area contributed by atoms with E-state index in [-0.39, 0.29) is 18.6 Å². The first-order chi connectivity index (χ1) is 10.5. The second kappa shape index (κ2) is 7.94. The van der Waals surface area contributed by atoms with Crippen molar-refractivity contribution < 1.29 is 14.3 Å². The van der Waals surface area contributed by atoms with Crippen LogP contribution in [0.3, 0.4) is 0 Å². The molecule has 4 nitrogen and oxygen atoms in total. The van der Waals surface area contributed by atoms with Gasteiger partial charge in [0.25, 0.3) is 5.91 Å². The third kappa shape index (κ3) is 4.69. The second-order valence-electron chi connectivity index (χ2n) is 6.03. The summed E-state index contributed by atoms with van der Waals surface area (Å²) in [5.41, 5.74) is 0.472. The molecule has 0 aliphatic heterocycles. The lowest BCUT2D eigenvalue weighted by Gasteiger charge is -2.34. The molecular weight excluding hydrogens is 393 g/mol. The van der Waals surface area contributed by atoms with E-state index in [9.17, 15) is 9.59 Å². The largest absolute Gasteiger partial charge is 0.452 e. The fourth-order valence-electron chi connectivity index (χ4n) is 2.86. The van der Waals surface area contributed by atoms with Gasteiger partial charge in [-0.05, 0) is 59.0 Å². The van der Waals surface area contributed by atoms with E-state index in [4.69, 9.17) is 4.74 Å². The molecule has 0 aromatic heterocycles. The number of carbonyl (C=O) groups is 2. The molecule has 1 aliphatic rings. The molecule has 0 heterocycles. The molecule has 1 saturated carbocycles. The number of halogens is 1. The van der Waals surface area contributed by atoms with Gasteiger partial charge < -0.3 is 10.1 Å². The summed E-state index contributed by atoms with van der Waals surface area (Å²) >= 11 is 2.13. The topological polar surface area (TPSA) is 55.4 Å². The van der Waals surface area contributed by atoms with Crippen molar-refractivity contribution in [2.45, 2.75) is 39.2 Å². The highest BCUT2D eigenvalue weighted by atomic mass is 127. The summed E-state index contributed by atoms with van der Waals surface area (Å²) in [5, 5.41) is 3.00. The second-order valence-corrected chi connectivity index (χ2v) is 7.27. The lowest BCUT2D eigenvalue weighted by molar-refractivity contribution is -0.125. The smallest absolute Gasteiger partial charge is 0.338 e. The van der Waals surface area contributed by atoms with Gasteiger partial charge in [0.05, 0.1) is 5.56 Å². The molecule has 3 unspecified atom stereocenters. The molecule has 0 saturated heterocycles. The van der Waals surface area contributed by atoms with Gasteiger partial charge >= 0.3 is 5.97 Å². The molecule has 1 aliphatic carbocycles. The molecule has 1 N–H and O–H groups in total. The van der Waals surface area contributed by atoms with E-state index < -0.39 is 5.97 Å². The molecule has 5 heteroatoms. The van der Waals surface area contributed by atoms with Gasteiger partial charge in [0.2, 0.25) is 0 Å². The number of hydrogen-bond donors (Lipinski definition) is 1. The van der Waals surface area contributed by atoms with Crippen LogP contribution in [-0.4, -0.2) is 24.5 Å². The van der Waals surface area contributed by atoms with Crippen molar-refractivity contribution in [2.75, 3.05) is 6.61 Å². The maximum absolute atomic E-state index is 12.0. The van der Waals surface area contributed by atoms with E-state index in [0.29, 0.717) is 17.4 Å². The third-order valence-electron chi connectivity index (χ3n) is 4.45. The fraction of sp³-hybridized carbons (Fsp3) is 0.529. The minimum Gasteiger partial charge on any atom is -0.452 e. The number of benzene rings is 1. The van der Waals surface area contributed by atoms with Gasteiger partial charge in [0, 0.05) is 9.61 Å². The number of carbonyl (C=O) groups excluding carboxylic acids is 2. The van der Waals surface area contributed by atoms with Crippen LogP contribution in [0, 0.1) is 15.4 Å². The van der Waals surface area contributed by atoms with Gasteiger partial charge in [-0.1, -0.05) is 32.8 Å². The average Bonchev–Trinajstić information content (AvgIpc) is 2.49. The Morgan fingerprint density at radius 2 is 2.09 bits per heavy atom. The van der Waals surface area contributed by atoms with Crippen LogP contribution in [0.5, 0.6) is 0 Å². The molecule has 1 aromatic rings. The van der Waals surface area contributed by atoms with Crippen LogP contribution >= 0.6 is 22.6 Å². The molecular formula is C17H22INO3. The molecule has 3 atom stereocenters. The number of nitrogens with one attached hydrogen (secondary N) is 1. The molecule has 0 spiro atoms. The van der Waals surface area contributed by atoms with Crippen LogP contribution in [0.2, 0.25) is 0 Å². The zero-order chi connectivity index (χ0) is 16.1. The highest BCUT2D eigenvalue weighted by molar-refractivity contribution is 14.1. The molecule has 1 amide bonds. The number of esters is 1. The summed E-state index contributed by atoms with van der Waals surface area (Å²) in [6, 6.07) is 7.31. The van der Waals surface area contributed by atoms with Gasteiger partial charge in [0.1, 0.15) is 0 Å². The van der Waals surface area contributed by atoms with Gasteiger partial charge in [0.15, 0.2) is 6.61 Å². The summed E-state index contributed by atoms with van der Waals surface area (Å²) < 4.78 is 6.05. The maximum Gasteiger partial charge on any atom is 0.338 e. The lowest BCUT2D eigenvalue weighted by atomic mass is 9.78. The SMILES string of the molecule is CC1CCCC(NC(=O)COC(=O)c2cccc(I)c2)C1C. The number of ether oxygens (including phenoxy) is 1. The first-order valence-electron chi connectivity index (χ1n) is 7.69.